The summed E-state index contributed by atoms with van der Waals surface area (Å²) in [5, 5.41) is 3.87. The van der Waals surface area contributed by atoms with Crippen LogP contribution in [0.2, 0.25) is 0 Å². The Labute approximate surface area is 182 Å². The van der Waals surface area contributed by atoms with Crippen molar-refractivity contribution in [2.45, 2.75) is 18.9 Å². The Morgan fingerprint density at radius 2 is 2.16 bits per heavy atom. The monoisotopic (exact) mass is 434 g/mol. The van der Waals surface area contributed by atoms with Crippen LogP contribution in [-0.2, 0) is 0 Å². The molecule has 1 atom stereocenters. The molecule has 10 heteroatoms. The summed E-state index contributed by atoms with van der Waals surface area (Å²) >= 11 is 1.24. The fourth-order valence-electron chi connectivity index (χ4n) is 3.81. The first kappa shape index (κ1) is 19.5. The molecule has 1 aliphatic heterocycles. The number of carbonyl (C=O) groups excluding carboxylic acids is 1. The Balaban J connectivity index is 1.40. The van der Waals surface area contributed by atoms with Gasteiger partial charge in [-0.25, -0.2) is 9.97 Å². The van der Waals surface area contributed by atoms with E-state index in [1.54, 1.807) is 12.4 Å². The van der Waals surface area contributed by atoms with Crippen molar-refractivity contribution in [3.05, 3.63) is 54.7 Å². The zero-order valence-electron chi connectivity index (χ0n) is 16.7. The minimum atomic E-state index is -0.376. The Morgan fingerprint density at radius 3 is 3.00 bits per heavy atom. The van der Waals surface area contributed by atoms with E-state index in [0.717, 1.165) is 37.3 Å². The van der Waals surface area contributed by atoms with Crippen LogP contribution in [0.4, 0.5) is 16.4 Å². The first-order valence-electron chi connectivity index (χ1n) is 10.0. The van der Waals surface area contributed by atoms with Gasteiger partial charge in [0.25, 0.3) is 5.91 Å². The quantitative estimate of drug-likeness (QED) is 0.450. The van der Waals surface area contributed by atoms with Gasteiger partial charge >= 0.3 is 0 Å². The number of nitrogen functional groups attached to an aromatic ring is 1. The highest BCUT2D eigenvalue weighted by Gasteiger charge is 2.23. The van der Waals surface area contributed by atoms with Crippen molar-refractivity contribution >= 4 is 39.3 Å². The molecule has 31 heavy (non-hydrogen) atoms. The van der Waals surface area contributed by atoms with E-state index in [4.69, 9.17) is 11.5 Å². The molecule has 5 heterocycles. The molecule has 0 bridgehead atoms. The number of rotatable bonds is 4. The highest BCUT2D eigenvalue weighted by atomic mass is 32.1. The lowest BCUT2D eigenvalue weighted by molar-refractivity contribution is 0.102. The number of thiazole rings is 1. The fraction of sp³-hybridized carbons (Fsp3) is 0.238. The average molecular weight is 435 g/mol. The Bertz CT molecular complexity index is 1220. The lowest BCUT2D eigenvalue weighted by Crippen LogP contribution is -2.43. The van der Waals surface area contributed by atoms with Crippen molar-refractivity contribution in [1.82, 2.24) is 19.4 Å². The van der Waals surface area contributed by atoms with Gasteiger partial charge in [-0.05, 0) is 31.0 Å². The van der Waals surface area contributed by atoms with Crippen molar-refractivity contribution in [3.8, 4) is 10.7 Å². The van der Waals surface area contributed by atoms with Crippen LogP contribution in [0.25, 0.3) is 16.3 Å². The van der Waals surface area contributed by atoms with Gasteiger partial charge in [0.2, 0.25) is 0 Å². The molecule has 1 amide bonds. The molecule has 0 saturated carbocycles. The van der Waals surface area contributed by atoms with Gasteiger partial charge in [0.1, 0.15) is 21.3 Å². The summed E-state index contributed by atoms with van der Waals surface area (Å²) in [5.74, 6) is -0.376. The summed E-state index contributed by atoms with van der Waals surface area (Å²) in [6.07, 6.45) is 9.15. The van der Waals surface area contributed by atoms with Crippen LogP contribution in [0.5, 0.6) is 0 Å². The van der Waals surface area contributed by atoms with Gasteiger partial charge in [0.05, 0.1) is 17.6 Å². The summed E-state index contributed by atoms with van der Waals surface area (Å²) in [5.41, 5.74) is 15.4. The number of hydrogen-bond donors (Lipinski definition) is 3. The maximum Gasteiger partial charge on any atom is 0.277 e. The van der Waals surface area contributed by atoms with Crippen LogP contribution in [0.15, 0.2) is 49.1 Å². The number of nitrogens with one attached hydrogen (secondary N) is 1. The number of aromatic nitrogens is 4. The van der Waals surface area contributed by atoms with Crippen LogP contribution in [-0.4, -0.2) is 44.4 Å². The standard InChI is InChI=1S/C21H22N8OS/c22-13-4-3-9-28(11-13)16-6-7-24-10-14(16)26-20(30)18-19(23)31-21(27-18)15-12-29-8-2-1-5-17(29)25-15/h1-2,5-8,10,12-13H,3-4,9,11,22-23H2,(H,26,30)/t13-/m0/s1. The van der Waals surface area contributed by atoms with Crippen molar-refractivity contribution in [3.63, 3.8) is 0 Å². The minimum Gasteiger partial charge on any atom is -0.389 e. The van der Waals surface area contributed by atoms with Gasteiger partial charge in [0, 0.05) is 37.7 Å². The smallest absolute Gasteiger partial charge is 0.277 e. The van der Waals surface area contributed by atoms with Gasteiger partial charge in [-0.3, -0.25) is 9.78 Å². The number of nitrogens with zero attached hydrogens (tertiary/aromatic N) is 5. The number of hydrogen-bond acceptors (Lipinski definition) is 8. The third-order valence-corrected chi connectivity index (χ3v) is 6.20. The van der Waals surface area contributed by atoms with E-state index < -0.39 is 0 Å². The van der Waals surface area contributed by atoms with Crippen LogP contribution < -0.4 is 21.7 Å². The molecule has 0 aliphatic carbocycles. The van der Waals surface area contributed by atoms with Gasteiger partial charge in [-0.2, -0.15) is 0 Å². The maximum atomic E-state index is 13.0. The van der Waals surface area contributed by atoms with Gasteiger partial charge in [0.15, 0.2) is 5.69 Å². The Kier molecular flexibility index (Phi) is 5.00. The highest BCUT2D eigenvalue weighted by Crippen LogP contribution is 2.32. The second-order valence-electron chi connectivity index (χ2n) is 7.52. The van der Waals surface area contributed by atoms with Crippen molar-refractivity contribution in [1.29, 1.82) is 0 Å². The van der Waals surface area contributed by atoms with Gasteiger partial charge < -0.3 is 26.1 Å². The van der Waals surface area contributed by atoms with E-state index in [0.29, 0.717) is 21.4 Å². The lowest BCUT2D eigenvalue weighted by atomic mass is 10.1. The molecule has 1 aliphatic rings. The second kappa shape index (κ2) is 7.97. The van der Waals surface area contributed by atoms with Crippen LogP contribution in [0.1, 0.15) is 23.3 Å². The number of fused-ring (bicyclic) bond motifs is 1. The Morgan fingerprint density at radius 1 is 1.26 bits per heavy atom. The summed E-state index contributed by atoms with van der Waals surface area (Å²) in [4.78, 5) is 28.4. The normalized spacial score (nSPS) is 16.5. The minimum absolute atomic E-state index is 0.118. The Hall–Kier alpha value is -3.50. The number of pyridine rings is 2. The molecule has 9 nitrogen and oxygen atoms in total. The molecule has 5 N–H and O–H groups in total. The number of anilines is 3. The van der Waals surface area contributed by atoms with Gasteiger partial charge in [-0.1, -0.05) is 17.4 Å². The SMILES string of the molecule is Nc1sc(-c2cn3ccccc3n2)nc1C(=O)Nc1cnccc1N1CCC[C@H](N)C1. The predicted octanol–water partition coefficient (Wildman–Crippen LogP) is 2.61. The largest absolute Gasteiger partial charge is 0.389 e. The van der Waals surface area contributed by atoms with Crippen molar-refractivity contribution < 1.29 is 4.79 Å². The molecule has 0 radical (unpaired) electrons. The summed E-state index contributed by atoms with van der Waals surface area (Å²) < 4.78 is 1.90. The fourth-order valence-corrected chi connectivity index (χ4v) is 4.59. The second-order valence-corrected chi connectivity index (χ2v) is 8.55. The van der Waals surface area contributed by atoms with E-state index >= 15 is 0 Å². The summed E-state index contributed by atoms with van der Waals surface area (Å²) in [7, 11) is 0. The van der Waals surface area contributed by atoms with Crippen molar-refractivity contribution in [2.24, 2.45) is 5.73 Å². The molecular formula is C21H22N8OS. The van der Waals surface area contributed by atoms with Crippen LogP contribution >= 0.6 is 11.3 Å². The maximum absolute atomic E-state index is 13.0. The third kappa shape index (κ3) is 3.82. The summed E-state index contributed by atoms with van der Waals surface area (Å²) in [6, 6.07) is 7.76. The van der Waals surface area contributed by atoms with Crippen LogP contribution in [0, 0.1) is 0 Å². The van der Waals surface area contributed by atoms with Crippen molar-refractivity contribution in [2.75, 3.05) is 29.0 Å². The molecule has 0 unspecified atom stereocenters. The van der Waals surface area contributed by atoms with E-state index in [1.165, 1.54) is 11.3 Å². The molecule has 0 aromatic carbocycles. The number of carbonyl (C=O) groups is 1. The molecule has 5 rings (SSSR count). The molecule has 4 aromatic rings. The number of nitrogens with two attached hydrogens (primary N) is 2. The first-order valence-corrected chi connectivity index (χ1v) is 10.9. The molecule has 0 spiro atoms. The van der Waals surface area contributed by atoms with Gasteiger partial charge in [-0.15, -0.1) is 0 Å². The molecule has 1 saturated heterocycles. The molecule has 158 valence electrons. The predicted molar refractivity (Wildman–Crippen MR) is 122 cm³/mol. The van der Waals surface area contributed by atoms with Crippen LogP contribution in [0.3, 0.4) is 0 Å². The van der Waals surface area contributed by atoms with E-state index in [-0.39, 0.29) is 17.6 Å². The number of amides is 1. The zero-order chi connectivity index (χ0) is 21.4. The highest BCUT2D eigenvalue weighted by molar-refractivity contribution is 7.19. The first-order chi connectivity index (χ1) is 15.1. The van der Waals surface area contributed by atoms with E-state index in [1.807, 2.05) is 41.1 Å². The zero-order valence-corrected chi connectivity index (χ0v) is 17.5. The third-order valence-electron chi connectivity index (χ3n) is 5.30. The molecular weight excluding hydrogens is 412 g/mol. The molecule has 4 aromatic heterocycles. The number of imidazole rings is 1. The van der Waals surface area contributed by atoms with E-state index in [2.05, 4.69) is 25.2 Å². The number of piperidine rings is 1. The van der Waals surface area contributed by atoms with E-state index in [9.17, 15) is 4.79 Å². The summed E-state index contributed by atoms with van der Waals surface area (Å²) in [6.45, 7) is 1.63. The lowest BCUT2D eigenvalue weighted by Gasteiger charge is -2.33. The topological polar surface area (TPSA) is 127 Å². The average Bonchev–Trinajstić information content (AvgIpc) is 3.37. The molecule has 1 fully saturated rings.